The predicted molar refractivity (Wildman–Crippen MR) is 121 cm³/mol. The van der Waals surface area contributed by atoms with Gasteiger partial charge in [-0.15, -0.1) is 0 Å². The lowest BCUT2D eigenvalue weighted by atomic mass is 10.1. The number of hydrogen-bond acceptors (Lipinski definition) is 6. The SMILES string of the molecule is COc1cc(-c2cc(=O)c3ccc(O)cc3o2)cc(OC)c1O[Si](C)(C)C(C)(C)C. The number of ether oxygens (including phenoxy) is 2. The summed E-state index contributed by atoms with van der Waals surface area (Å²) in [5, 5.41) is 10.1. The van der Waals surface area contributed by atoms with E-state index in [9.17, 15) is 9.90 Å². The number of methoxy groups -OCH3 is 2. The first-order valence-electron chi connectivity index (χ1n) is 9.69. The first-order chi connectivity index (χ1) is 14.0. The van der Waals surface area contributed by atoms with Crippen LogP contribution in [0.4, 0.5) is 0 Å². The number of fused-ring (bicyclic) bond motifs is 1. The minimum Gasteiger partial charge on any atom is -0.539 e. The van der Waals surface area contributed by atoms with Crippen molar-refractivity contribution in [1.82, 2.24) is 0 Å². The standard InChI is InChI=1S/C23H28O6Si/c1-23(2,3)30(6,7)29-22-20(26-4)10-14(11-21(22)27-5)18-13-17(25)16-9-8-15(24)12-19(16)28-18/h8-13,24H,1-7H3. The topological polar surface area (TPSA) is 78.1 Å². The third-order valence-corrected chi connectivity index (χ3v) is 9.95. The zero-order chi connectivity index (χ0) is 22.3. The van der Waals surface area contributed by atoms with Gasteiger partial charge < -0.3 is 23.4 Å². The highest BCUT2D eigenvalue weighted by Gasteiger charge is 2.40. The molecule has 3 rings (SSSR count). The van der Waals surface area contributed by atoms with Gasteiger partial charge in [-0.25, -0.2) is 0 Å². The van der Waals surface area contributed by atoms with Crippen LogP contribution in [0.15, 0.2) is 45.6 Å². The molecule has 1 aromatic heterocycles. The smallest absolute Gasteiger partial charge is 0.250 e. The number of phenolic OH excluding ortho intramolecular Hbond substituents is 1. The monoisotopic (exact) mass is 428 g/mol. The lowest BCUT2D eigenvalue weighted by molar-refractivity contribution is 0.354. The fourth-order valence-electron chi connectivity index (χ4n) is 2.82. The van der Waals surface area contributed by atoms with Crippen molar-refractivity contribution in [2.45, 2.75) is 38.9 Å². The Morgan fingerprint density at radius 2 is 1.57 bits per heavy atom. The highest BCUT2D eigenvalue weighted by Crippen LogP contribution is 2.46. The molecule has 0 unspecified atom stereocenters. The van der Waals surface area contributed by atoms with E-state index in [1.54, 1.807) is 26.4 Å². The van der Waals surface area contributed by atoms with Crippen LogP contribution < -0.4 is 19.3 Å². The summed E-state index contributed by atoms with van der Waals surface area (Å²) in [5.41, 5.74) is 0.705. The highest BCUT2D eigenvalue weighted by atomic mass is 28.4. The Morgan fingerprint density at radius 3 is 2.10 bits per heavy atom. The van der Waals surface area contributed by atoms with Gasteiger partial charge in [0.15, 0.2) is 22.7 Å². The fourth-order valence-corrected chi connectivity index (χ4v) is 3.83. The Hall–Kier alpha value is -2.93. The first kappa shape index (κ1) is 21.8. The van der Waals surface area contributed by atoms with E-state index in [4.69, 9.17) is 18.3 Å². The summed E-state index contributed by atoms with van der Waals surface area (Å²) in [5.74, 6) is 1.89. The molecule has 30 heavy (non-hydrogen) atoms. The van der Waals surface area contributed by atoms with Crippen molar-refractivity contribution in [3.63, 3.8) is 0 Å². The van der Waals surface area contributed by atoms with Crippen LogP contribution in [0.5, 0.6) is 23.0 Å². The molecule has 160 valence electrons. The molecule has 0 fully saturated rings. The molecule has 0 saturated heterocycles. The summed E-state index contributed by atoms with van der Waals surface area (Å²) in [6.45, 7) is 10.8. The van der Waals surface area contributed by atoms with Gasteiger partial charge in [0, 0.05) is 17.7 Å². The zero-order valence-electron chi connectivity index (χ0n) is 18.5. The predicted octanol–water partition coefficient (Wildman–Crippen LogP) is 5.57. The molecule has 0 aliphatic heterocycles. The summed E-state index contributed by atoms with van der Waals surface area (Å²) in [6, 6.07) is 9.36. The molecular formula is C23H28O6Si. The van der Waals surface area contributed by atoms with Crippen LogP contribution in [-0.4, -0.2) is 27.6 Å². The molecule has 7 heteroatoms. The number of rotatable bonds is 5. The lowest BCUT2D eigenvalue weighted by Gasteiger charge is -2.37. The van der Waals surface area contributed by atoms with Gasteiger partial charge in [-0.2, -0.15) is 0 Å². The first-order valence-corrected chi connectivity index (χ1v) is 12.6. The third-order valence-electron chi connectivity index (χ3n) is 5.62. The van der Waals surface area contributed by atoms with Crippen molar-refractivity contribution in [2.24, 2.45) is 0 Å². The van der Waals surface area contributed by atoms with Crippen molar-refractivity contribution in [1.29, 1.82) is 0 Å². The van der Waals surface area contributed by atoms with Crippen LogP contribution >= 0.6 is 0 Å². The summed E-state index contributed by atoms with van der Waals surface area (Å²) in [6.07, 6.45) is 0. The Balaban J connectivity index is 2.17. The van der Waals surface area contributed by atoms with E-state index in [0.29, 0.717) is 39.5 Å². The average molecular weight is 429 g/mol. The molecule has 1 heterocycles. The van der Waals surface area contributed by atoms with Crippen LogP contribution in [0.2, 0.25) is 18.1 Å². The second-order valence-corrected chi connectivity index (χ2v) is 13.5. The maximum Gasteiger partial charge on any atom is 0.250 e. The Morgan fingerprint density at radius 1 is 0.967 bits per heavy atom. The van der Waals surface area contributed by atoms with Gasteiger partial charge in [0.25, 0.3) is 8.32 Å². The van der Waals surface area contributed by atoms with Crippen LogP contribution in [0.3, 0.4) is 0 Å². The van der Waals surface area contributed by atoms with Crippen LogP contribution in [0.25, 0.3) is 22.3 Å². The lowest BCUT2D eigenvalue weighted by Crippen LogP contribution is -2.44. The molecule has 0 saturated carbocycles. The minimum atomic E-state index is -2.15. The van der Waals surface area contributed by atoms with E-state index >= 15 is 0 Å². The normalized spacial score (nSPS) is 12.1. The van der Waals surface area contributed by atoms with Gasteiger partial charge in [0.1, 0.15) is 17.1 Å². The van der Waals surface area contributed by atoms with Crippen LogP contribution in [0, 0.1) is 0 Å². The van der Waals surface area contributed by atoms with Gasteiger partial charge >= 0.3 is 0 Å². The van der Waals surface area contributed by atoms with E-state index in [2.05, 4.69) is 33.9 Å². The quantitative estimate of drug-likeness (QED) is 0.536. The maximum absolute atomic E-state index is 12.5. The van der Waals surface area contributed by atoms with Gasteiger partial charge in [-0.1, -0.05) is 20.8 Å². The molecule has 1 N–H and O–H groups in total. The molecule has 0 atom stereocenters. The molecule has 3 aromatic rings. The van der Waals surface area contributed by atoms with E-state index in [0.717, 1.165) is 0 Å². The van der Waals surface area contributed by atoms with Crippen molar-refractivity contribution in [3.05, 3.63) is 46.6 Å². The van der Waals surface area contributed by atoms with Gasteiger partial charge in [0.05, 0.1) is 19.6 Å². The molecule has 0 amide bonds. The van der Waals surface area contributed by atoms with E-state index < -0.39 is 8.32 Å². The van der Waals surface area contributed by atoms with Gasteiger partial charge in [-0.3, -0.25) is 4.79 Å². The molecule has 2 aromatic carbocycles. The van der Waals surface area contributed by atoms with E-state index in [-0.39, 0.29) is 16.2 Å². The van der Waals surface area contributed by atoms with E-state index in [1.807, 2.05) is 0 Å². The molecule has 0 spiro atoms. The summed E-state index contributed by atoms with van der Waals surface area (Å²) in [4.78, 5) is 12.5. The molecule has 0 aliphatic carbocycles. The van der Waals surface area contributed by atoms with Crippen molar-refractivity contribution in [3.8, 4) is 34.3 Å². The van der Waals surface area contributed by atoms with E-state index in [1.165, 1.54) is 24.3 Å². The molecule has 0 aliphatic rings. The number of phenols is 1. The summed E-state index contributed by atoms with van der Waals surface area (Å²) < 4.78 is 23.6. The highest BCUT2D eigenvalue weighted by molar-refractivity contribution is 6.74. The largest absolute Gasteiger partial charge is 0.539 e. The molecule has 6 nitrogen and oxygen atoms in total. The second kappa shape index (κ2) is 7.72. The Labute approximate surface area is 177 Å². The summed E-state index contributed by atoms with van der Waals surface area (Å²) >= 11 is 0. The van der Waals surface area contributed by atoms with Crippen molar-refractivity contribution >= 4 is 19.3 Å². The van der Waals surface area contributed by atoms with Gasteiger partial charge in [-0.05, 0) is 42.4 Å². The number of hydrogen-bond donors (Lipinski definition) is 1. The van der Waals surface area contributed by atoms with Crippen LogP contribution in [-0.2, 0) is 0 Å². The Bertz CT molecular complexity index is 1120. The second-order valence-electron chi connectivity index (χ2n) is 8.73. The molecule has 0 radical (unpaired) electrons. The third kappa shape index (κ3) is 4.02. The fraction of sp³-hybridized carbons (Fsp3) is 0.348. The van der Waals surface area contributed by atoms with Gasteiger partial charge in [0.2, 0.25) is 0 Å². The Kier molecular flexibility index (Phi) is 5.60. The maximum atomic E-state index is 12.5. The summed E-state index contributed by atoms with van der Waals surface area (Å²) in [7, 11) is 0.972. The molecule has 0 bridgehead atoms. The van der Waals surface area contributed by atoms with Crippen molar-refractivity contribution in [2.75, 3.05) is 14.2 Å². The number of aromatic hydroxyl groups is 1. The van der Waals surface area contributed by atoms with Crippen molar-refractivity contribution < 1.29 is 23.4 Å². The zero-order valence-corrected chi connectivity index (χ0v) is 19.5. The number of benzene rings is 2. The average Bonchev–Trinajstić information content (AvgIpc) is 2.66. The molecular weight excluding hydrogens is 400 g/mol. The minimum absolute atomic E-state index is 0.00512. The van der Waals surface area contributed by atoms with Crippen LogP contribution in [0.1, 0.15) is 20.8 Å².